The van der Waals surface area contributed by atoms with Crippen molar-refractivity contribution in [2.24, 2.45) is 0 Å². The van der Waals surface area contributed by atoms with Gasteiger partial charge in [-0.15, -0.1) is 0 Å². The Morgan fingerprint density at radius 1 is 0.600 bits per heavy atom. The molecule has 3 nitrogen and oxygen atoms in total. The average molecular weight is 143 g/mol. The zero-order chi connectivity index (χ0) is 8.31. The largest absolute Gasteiger partial charge is 0.402 e. The Bertz CT molecular complexity index is 74.0. The Kier molecular flexibility index (Phi) is 3.94. The van der Waals surface area contributed by atoms with Crippen LogP contribution in [0.25, 0.3) is 0 Å². The Morgan fingerprint density at radius 3 is 0.800 bits per heavy atom. The van der Waals surface area contributed by atoms with Gasteiger partial charge in [-0.25, -0.2) is 0 Å². The van der Waals surface area contributed by atoms with E-state index in [1.165, 1.54) is 0 Å². The van der Waals surface area contributed by atoms with E-state index in [2.05, 4.69) is 56.7 Å². The van der Waals surface area contributed by atoms with Crippen LogP contribution in [0.2, 0.25) is 0 Å². The second kappa shape index (κ2) is 3.96. The number of rotatable bonds is 3. The summed E-state index contributed by atoms with van der Waals surface area (Å²) in [6.45, 7) is 0. The fraction of sp³-hybridized carbons (Fsp3) is 1.00. The van der Waals surface area contributed by atoms with Crippen LogP contribution in [0.5, 0.6) is 0 Å². The first-order valence-corrected chi connectivity index (χ1v) is 3.46. The van der Waals surface area contributed by atoms with Crippen LogP contribution in [0.15, 0.2) is 0 Å². The van der Waals surface area contributed by atoms with Crippen LogP contribution in [0.3, 0.4) is 0 Å². The number of hydrogen-bond acceptors (Lipinski definition) is 3. The topological polar surface area (TPSA) is 9.72 Å². The summed E-state index contributed by atoms with van der Waals surface area (Å²) >= 11 is 0. The fourth-order valence-electron chi connectivity index (χ4n) is 1.39. The van der Waals surface area contributed by atoms with Crippen molar-refractivity contribution in [2.45, 2.75) is 0 Å². The van der Waals surface area contributed by atoms with Crippen molar-refractivity contribution in [3.63, 3.8) is 0 Å². The van der Waals surface area contributed by atoms with Crippen LogP contribution < -0.4 is 0 Å². The van der Waals surface area contributed by atoms with Gasteiger partial charge in [-0.1, -0.05) is 0 Å². The molecule has 0 N–H and O–H groups in total. The maximum atomic E-state index is 2.17. The molecule has 0 spiro atoms. The molecular formula is C6H18BN3. The first-order chi connectivity index (χ1) is 4.46. The van der Waals surface area contributed by atoms with Gasteiger partial charge in [0.05, 0.1) is 0 Å². The van der Waals surface area contributed by atoms with Crippen LogP contribution in [-0.4, -0.2) is 63.8 Å². The summed E-state index contributed by atoms with van der Waals surface area (Å²) in [7, 11) is 12.8. The molecule has 0 aromatic carbocycles. The van der Waals surface area contributed by atoms with Gasteiger partial charge in [-0.3, -0.25) is 0 Å². The summed E-state index contributed by atoms with van der Waals surface area (Å²) in [6, 6.07) is 0. The van der Waals surface area contributed by atoms with Gasteiger partial charge >= 0.3 is 7.12 Å². The highest BCUT2D eigenvalue weighted by atomic mass is 15.3. The van der Waals surface area contributed by atoms with Gasteiger partial charge in [0.2, 0.25) is 0 Å². The predicted octanol–water partition coefficient (Wildman–Crippen LogP) is -0.344. The minimum absolute atomic E-state index is 0.389. The van der Waals surface area contributed by atoms with Crippen LogP contribution in [-0.2, 0) is 0 Å². The summed E-state index contributed by atoms with van der Waals surface area (Å²) < 4.78 is 0. The van der Waals surface area contributed by atoms with Crippen LogP contribution in [0.4, 0.5) is 0 Å². The van der Waals surface area contributed by atoms with Crippen molar-refractivity contribution in [3.05, 3.63) is 0 Å². The van der Waals surface area contributed by atoms with Crippen LogP contribution >= 0.6 is 0 Å². The average Bonchev–Trinajstić information content (AvgIpc) is 1.59. The van der Waals surface area contributed by atoms with Crippen LogP contribution in [0, 0.1) is 0 Å². The maximum absolute atomic E-state index is 2.17. The molecule has 60 valence electrons. The fourth-order valence-corrected chi connectivity index (χ4v) is 1.39. The molecule has 0 fully saturated rings. The smallest absolute Gasteiger partial charge is 0.319 e. The minimum atomic E-state index is 0.389. The maximum Gasteiger partial charge on any atom is 0.402 e. The lowest BCUT2D eigenvalue weighted by Gasteiger charge is -2.30. The summed E-state index contributed by atoms with van der Waals surface area (Å²) in [5, 5.41) is 0. The molecule has 0 bridgehead atoms. The van der Waals surface area contributed by atoms with Gasteiger partial charge in [0.1, 0.15) is 0 Å². The van der Waals surface area contributed by atoms with Crippen LogP contribution in [0.1, 0.15) is 0 Å². The molecule has 0 unspecified atom stereocenters. The molecule has 0 aromatic heterocycles. The molecule has 0 saturated heterocycles. The SMILES string of the molecule is CN(C)B(N(C)C)N(C)C. The Hall–Kier alpha value is -0.0551. The molecule has 10 heavy (non-hydrogen) atoms. The molecule has 0 saturated carbocycles. The highest BCUT2D eigenvalue weighted by Crippen LogP contribution is 1.93. The van der Waals surface area contributed by atoms with E-state index in [9.17, 15) is 0 Å². The summed E-state index contributed by atoms with van der Waals surface area (Å²) in [4.78, 5) is 6.50. The van der Waals surface area contributed by atoms with Crippen molar-refractivity contribution < 1.29 is 0 Å². The van der Waals surface area contributed by atoms with E-state index in [1.807, 2.05) is 0 Å². The van der Waals surface area contributed by atoms with Gasteiger partial charge in [0.15, 0.2) is 0 Å². The number of nitrogens with zero attached hydrogens (tertiary/aromatic N) is 3. The summed E-state index contributed by atoms with van der Waals surface area (Å²) in [6.07, 6.45) is 0. The number of hydrogen-bond donors (Lipinski definition) is 0. The third-order valence-electron chi connectivity index (χ3n) is 1.39. The van der Waals surface area contributed by atoms with Crippen molar-refractivity contribution in [2.75, 3.05) is 42.3 Å². The van der Waals surface area contributed by atoms with Crippen molar-refractivity contribution >= 4 is 7.12 Å². The lowest BCUT2D eigenvalue weighted by Crippen LogP contribution is -2.55. The second-order valence-corrected chi connectivity index (χ2v) is 3.24. The highest BCUT2D eigenvalue weighted by molar-refractivity contribution is 6.49. The Labute approximate surface area is 64.7 Å². The molecule has 0 heterocycles. The lowest BCUT2D eigenvalue weighted by atomic mass is 9.88. The molecule has 0 rings (SSSR count). The standard InChI is InChI=1S/C6H18BN3/c1-8(2)7(9(3)4)10(5)6/h1-6H3. The van der Waals surface area contributed by atoms with Gasteiger partial charge in [-0.05, 0) is 42.3 Å². The molecule has 0 atom stereocenters. The molecule has 0 aromatic rings. The molecule has 4 heteroatoms. The molecule has 0 amide bonds. The predicted molar refractivity (Wildman–Crippen MR) is 46.8 cm³/mol. The third-order valence-corrected chi connectivity index (χ3v) is 1.39. The van der Waals surface area contributed by atoms with Crippen molar-refractivity contribution in [1.29, 1.82) is 0 Å². The Balaban J connectivity index is 3.98. The molecule has 0 aliphatic carbocycles. The van der Waals surface area contributed by atoms with Crippen molar-refractivity contribution in [3.8, 4) is 0 Å². The Morgan fingerprint density at radius 2 is 0.800 bits per heavy atom. The van der Waals surface area contributed by atoms with E-state index in [1.54, 1.807) is 0 Å². The molecular weight excluding hydrogens is 125 g/mol. The van der Waals surface area contributed by atoms with E-state index in [-0.39, 0.29) is 0 Å². The highest BCUT2D eigenvalue weighted by Gasteiger charge is 2.23. The zero-order valence-corrected chi connectivity index (χ0v) is 7.92. The van der Waals surface area contributed by atoms with Gasteiger partial charge in [-0.2, -0.15) is 0 Å². The van der Waals surface area contributed by atoms with E-state index in [4.69, 9.17) is 0 Å². The van der Waals surface area contributed by atoms with Gasteiger partial charge in [0.25, 0.3) is 0 Å². The minimum Gasteiger partial charge on any atom is -0.319 e. The van der Waals surface area contributed by atoms with E-state index >= 15 is 0 Å². The molecule has 0 aliphatic heterocycles. The normalized spacial score (nSPS) is 11.7. The quantitative estimate of drug-likeness (QED) is 0.500. The molecule has 0 aliphatic rings. The van der Waals surface area contributed by atoms with Crippen molar-refractivity contribution in [1.82, 2.24) is 14.4 Å². The van der Waals surface area contributed by atoms with Gasteiger partial charge in [0, 0.05) is 0 Å². The van der Waals surface area contributed by atoms with Gasteiger partial charge < -0.3 is 14.4 Å². The molecule has 0 radical (unpaired) electrons. The summed E-state index contributed by atoms with van der Waals surface area (Å²) in [5.74, 6) is 0. The van der Waals surface area contributed by atoms with E-state index in [0.29, 0.717) is 7.12 Å². The monoisotopic (exact) mass is 143 g/mol. The lowest BCUT2D eigenvalue weighted by molar-refractivity contribution is 0.420. The third kappa shape index (κ3) is 2.69. The zero-order valence-electron chi connectivity index (χ0n) is 7.92. The van der Waals surface area contributed by atoms with E-state index < -0.39 is 0 Å². The second-order valence-electron chi connectivity index (χ2n) is 3.24. The first-order valence-electron chi connectivity index (χ1n) is 3.46. The van der Waals surface area contributed by atoms with E-state index in [0.717, 1.165) is 0 Å². The first kappa shape index (κ1) is 9.94. The summed E-state index contributed by atoms with van der Waals surface area (Å²) in [5.41, 5.74) is 0.